The first kappa shape index (κ1) is 28.2. The SMILES string of the molecule is CCc1cc(N2CCN(C)CC2)ccc1Nc1ncc(C(F)(F)F)c(NCCCN2C=CN(C)C=CC2=O)n1. The molecule has 4 rings (SSSR count). The molecule has 3 heterocycles. The fraction of sp³-hybridized carbons (Fsp3) is 0.444. The number of benzene rings is 1. The predicted octanol–water partition coefficient (Wildman–Crippen LogP) is 4.11. The normalized spacial score (nSPS) is 16.6. The summed E-state index contributed by atoms with van der Waals surface area (Å²) in [4.78, 5) is 28.2. The van der Waals surface area contributed by atoms with Crippen molar-refractivity contribution in [3.63, 3.8) is 0 Å². The molecular weight excluding hydrogens is 509 g/mol. The highest BCUT2D eigenvalue weighted by Crippen LogP contribution is 2.34. The molecule has 1 fully saturated rings. The number of rotatable bonds is 9. The molecule has 0 unspecified atom stereocenters. The molecule has 1 aromatic carbocycles. The number of piperazine rings is 1. The smallest absolute Gasteiger partial charge is 0.369 e. The number of amides is 1. The number of halogens is 3. The van der Waals surface area contributed by atoms with E-state index in [1.165, 1.54) is 11.0 Å². The van der Waals surface area contributed by atoms with E-state index in [9.17, 15) is 18.0 Å². The average molecular weight is 545 g/mol. The lowest BCUT2D eigenvalue weighted by molar-refractivity contribution is -0.137. The second-order valence-corrected chi connectivity index (χ2v) is 9.66. The third kappa shape index (κ3) is 7.41. The van der Waals surface area contributed by atoms with E-state index in [-0.39, 0.29) is 24.2 Å². The van der Waals surface area contributed by atoms with Crippen LogP contribution >= 0.6 is 0 Å². The summed E-state index contributed by atoms with van der Waals surface area (Å²) in [6, 6.07) is 6.06. The zero-order valence-corrected chi connectivity index (χ0v) is 22.5. The molecule has 1 aromatic heterocycles. The molecule has 210 valence electrons. The number of carbonyl (C=O) groups excluding carboxylic acids is 1. The Morgan fingerprint density at radius 2 is 1.82 bits per heavy atom. The van der Waals surface area contributed by atoms with Crippen LogP contribution in [0, 0.1) is 0 Å². The fourth-order valence-electron chi connectivity index (χ4n) is 4.39. The van der Waals surface area contributed by atoms with Gasteiger partial charge in [-0.15, -0.1) is 0 Å². The summed E-state index contributed by atoms with van der Waals surface area (Å²) < 4.78 is 41.0. The van der Waals surface area contributed by atoms with E-state index in [0.29, 0.717) is 13.0 Å². The number of alkyl halides is 3. The van der Waals surface area contributed by atoms with Gasteiger partial charge in [-0.2, -0.15) is 18.2 Å². The van der Waals surface area contributed by atoms with E-state index in [4.69, 9.17) is 0 Å². The molecule has 2 aliphatic rings. The summed E-state index contributed by atoms with van der Waals surface area (Å²) in [5, 5.41) is 5.90. The van der Waals surface area contributed by atoms with Crippen LogP contribution in [0.5, 0.6) is 0 Å². The van der Waals surface area contributed by atoms with Gasteiger partial charge in [0.2, 0.25) is 5.95 Å². The Hall–Kier alpha value is -3.80. The van der Waals surface area contributed by atoms with Crippen molar-refractivity contribution in [2.75, 3.05) is 68.9 Å². The van der Waals surface area contributed by atoms with Gasteiger partial charge in [-0.05, 0) is 43.7 Å². The Balaban J connectivity index is 1.45. The quantitative estimate of drug-likeness (QED) is 0.457. The molecule has 2 aromatic rings. The van der Waals surface area contributed by atoms with E-state index in [1.54, 1.807) is 30.5 Å². The first-order valence-corrected chi connectivity index (χ1v) is 13.0. The van der Waals surface area contributed by atoms with Crippen molar-refractivity contribution in [1.29, 1.82) is 0 Å². The Kier molecular flexibility index (Phi) is 8.95. The zero-order chi connectivity index (χ0) is 28.0. The van der Waals surface area contributed by atoms with E-state index in [2.05, 4.69) is 43.5 Å². The average Bonchev–Trinajstić information content (AvgIpc) is 3.07. The number of anilines is 4. The molecule has 1 saturated heterocycles. The van der Waals surface area contributed by atoms with Gasteiger partial charge in [0.05, 0.1) is 0 Å². The van der Waals surface area contributed by atoms with Gasteiger partial charge >= 0.3 is 6.18 Å². The van der Waals surface area contributed by atoms with Crippen LogP contribution in [0.3, 0.4) is 0 Å². The highest BCUT2D eigenvalue weighted by Gasteiger charge is 2.35. The molecule has 0 aliphatic carbocycles. The molecule has 0 spiro atoms. The van der Waals surface area contributed by atoms with Gasteiger partial charge in [0, 0.05) is 88.6 Å². The summed E-state index contributed by atoms with van der Waals surface area (Å²) in [6.07, 6.45) is 3.82. The van der Waals surface area contributed by atoms with Crippen molar-refractivity contribution in [3.8, 4) is 0 Å². The Morgan fingerprint density at radius 3 is 2.54 bits per heavy atom. The number of nitrogens with one attached hydrogen (secondary N) is 2. The first-order chi connectivity index (χ1) is 18.6. The van der Waals surface area contributed by atoms with Gasteiger partial charge in [-0.1, -0.05) is 6.92 Å². The molecule has 9 nitrogen and oxygen atoms in total. The second-order valence-electron chi connectivity index (χ2n) is 9.66. The van der Waals surface area contributed by atoms with E-state index >= 15 is 0 Å². The largest absolute Gasteiger partial charge is 0.421 e. The molecule has 0 atom stereocenters. The standard InChI is InChI=1S/C27H35F3N8O/c1-4-20-18-21(37-15-12-36(3)13-16-37)6-7-23(20)33-26-32-19-22(27(28,29)30)25(34-26)31-9-5-10-38-17-14-35(2)11-8-24(38)39/h6-8,11,14,17-19H,4-5,9-10,12-13,15-16H2,1-3H3,(H2,31,32,33,34). The number of aryl methyl sites for hydroxylation is 1. The van der Waals surface area contributed by atoms with E-state index in [0.717, 1.165) is 55.7 Å². The van der Waals surface area contributed by atoms with Gasteiger partial charge in [-0.3, -0.25) is 4.79 Å². The van der Waals surface area contributed by atoms with E-state index < -0.39 is 11.7 Å². The number of hydrogen-bond acceptors (Lipinski definition) is 8. The van der Waals surface area contributed by atoms with Crippen molar-refractivity contribution >= 4 is 29.0 Å². The van der Waals surface area contributed by atoms with E-state index in [1.807, 2.05) is 19.1 Å². The predicted molar refractivity (Wildman–Crippen MR) is 147 cm³/mol. The highest BCUT2D eigenvalue weighted by atomic mass is 19.4. The zero-order valence-electron chi connectivity index (χ0n) is 22.5. The van der Waals surface area contributed by atoms with Crippen LogP contribution in [0.1, 0.15) is 24.5 Å². The lowest BCUT2D eigenvalue weighted by Gasteiger charge is -2.34. The Labute approximate surface area is 227 Å². The number of hydrogen-bond donors (Lipinski definition) is 2. The van der Waals surface area contributed by atoms with Crippen molar-refractivity contribution in [2.45, 2.75) is 25.9 Å². The van der Waals surface area contributed by atoms with Gasteiger partial charge in [0.15, 0.2) is 0 Å². The highest BCUT2D eigenvalue weighted by molar-refractivity contribution is 5.88. The van der Waals surface area contributed by atoms with Crippen LogP contribution < -0.4 is 15.5 Å². The van der Waals surface area contributed by atoms with Crippen LogP contribution in [0.25, 0.3) is 0 Å². The van der Waals surface area contributed by atoms with Crippen LogP contribution in [0.15, 0.2) is 49.1 Å². The van der Waals surface area contributed by atoms with Crippen LogP contribution in [0.4, 0.5) is 36.3 Å². The molecule has 12 heteroatoms. The fourth-order valence-corrected chi connectivity index (χ4v) is 4.39. The first-order valence-electron chi connectivity index (χ1n) is 13.0. The molecule has 39 heavy (non-hydrogen) atoms. The summed E-state index contributed by atoms with van der Waals surface area (Å²) in [6.45, 7) is 6.45. The lowest BCUT2D eigenvalue weighted by atomic mass is 10.1. The molecular formula is C27H35F3N8O. The maximum Gasteiger partial charge on any atom is 0.421 e. The van der Waals surface area contributed by atoms with Crippen LogP contribution in [0.2, 0.25) is 0 Å². The molecule has 0 bridgehead atoms. The Morgan fingerprint density at radius 1 is 1.05 bits per heavy atom. The van der Waals surface area contributed by atoms with Crippen molar-refractivity contribution in [1.82, 2.24) is 24.7 Å². The summed E-state index contributed by atoms with van der Waals surface area (Å²) in [5.74, 6) is -0.415. The minimum absolute atomic E-state index is 0.0753. The minimum atomic E-state index is -4.61. The van der Waals surface area contributed by atoms with Gasteiger partial charge in [0.1, 0.15) is 11.4 Å². The molecule has 2 N–H and O–H groups in total. The summed E-state index contributed by atoms with van der Waals surface area (Å²) in [7, 11) is 3.91. The maximum atomic E-state index is 13.7. The molecule has 2 aliphatic heterocycles. The lowest BCUT2D eigenvalue weighted by Crippen LogP contribution is -2.44. The summed E-state index contributed by atoms with van der Waals surface area (Å²) >= 11 is 0. The minimum Gasteiger partial charge on any atom is -0.369 e. The monoisotopic (exact) mass is 544 g/mol. The number of nitrogens with zero attached hydrogens (tertiary/aromatic N) is 6. The van der Waals surface area contributed by atoms with Crippen molar-refractivity contribution in [3.05, 3.63) is 60.2 Å². The van der Waals surface area contributed by atoms with Crippen LogP contribution in [-0.4, -0.2) is 83.9 Å². The maximum absolute atomic E-state index is 13.7. The van der Waals surface area contributed by atoms with Crippen molar-refractivity contribution < 1.29 is 18.0 Å². The Bertz CT molecular complexity index is 1210. The summed E-state index contributed by atoms with van der Waals surface area (Å²) in [5.41, 5.74) is 1.97. The van der Waals surface area contributed by atoms with Crippen molar-refractivity contribution in [2.24, 2.45) is 0 Å². The topological polar surface area (TPSA) is 79.9 Å². The third-order valence-electron chi connectivity index (χ3n) is 6.76. The van der Waals surface area contributed by atoms with Gasteiger partial charge < -0.3 is 30.2 Å². The van der Waals surface area contributed by atoms with Crippen LogP contribution in [-0.2, 0) is 17.4 Å². The number of likely N-dealkylation sites (N-methyl/N-ethyl adjacent to an activating group) is 1. The number of aromatic nitrogens is 2. The number of carbonyl (C=O) groups is 1. The molecule has 0 radical (unpaired) electrons. The third-order valence-corrected chi connectivity index (χ3v) is 6.76. The molecule has 1 amide bonds. The second kappa shape index (κ2) is 12.4. The van der Waals surface area contributed by atoms with Gasteiger partial charge in [-0.25, -0.2) is 4.98 Å². The molecule has 0 saturated carbocycles. The van der Waals surface area contributed by atoms with Gasteiger partial charge in [0.25, 0.3) is 5.91 Å².